The predicted molar refractivity (Wildman–Crippen MR) is 122 cm³/mol. The van der Waals surface area contributed by atoms with Gasteiger partial charge in [-0.3, -0.25) is 14.7 Å². The molecule has 0 amide bonds. The molecule has 1 atom stereocenters. The zero-order chi connectivity index (χ0) is 22.3. The van der Waals surface area contributed by atoms with Crippen molar-refractivity contribution in [1.82, 2.24) is 15.2 Å². The Morgan fingerprint density at radius 3 is 2.77 bits per heavy atom. The summed E-state index contributed by atoms with van der Waals surface area (Å²) in [6, 6.07) is 5.96. The van der Waals surface area contributed by atoms with Crippen LogP contribution in [0.1, 0.15) is 52.0 Å². The summed E-state index contributed by atoms with van der Waals surface area (Å²) in [6.07, 6.45) is 4.44. The van der Waals surface area contributed by atoms with Crippen LogP contribution in [0.4, 0.5) is 5.13 Å². The first kappa shape index (κ1) is 21.5. The molecule has 2 N–H and O–H groups in total. The number of aromatic nitrogens is 3. The van der Waals surface area contributed by atoms with Crippen molar-refractivity contribution in [2.24, 2.45) is 11.1 Å². The SMILES string of the molecule is CC(C)Sc1nnc(N2C(N)=C(C#N)C(c3cccnc3)C3=C2CC(C)(C)CC3=O)s1. The molecule has 2 aromatic heterocycles. The molecule has 160 valence electrons. The second-order valence-corrected chi connectivity index (χ2v) is 11.6. The minimum atomic E-state index is -0.522. The molecule has 3 heterocycles. The van der Waals surface area contributed by atoms with E-state index in [-0.39, 0.29) is 11.2 Å². The van der Waals surface area contributed by atoms with Gasteiger partial charge in [0.25, 0.3) is 0 Å². The van der Waals surface area contributed by atoms with E-state index >= 15 is 0 Å². The second-order valence-electron chi connectivity index (χ2n) is 8.78. The number of ketones is 1. The van der Waals surface area contributed by atoms with Crippen molar-refractivity contribution in [3.8, 4) is 6.07 Å². The van der Waals surface area contributed by atoms with Gasteiger partial charge in [-0.25, -0.2) is 0 Å². The molecule has 7 nitrogen and oxygen atoms in total. The fourth-order valence-corrected chi connectivity index (χ4v) is 6.25. The number of carbonyl (C=O) groups excluding carboxylic acids is 1. The number of nitrogens with two attached hydrogens (primary N) is 1. The number of nitrogens with zero attached hydrogens (tertiary/aromatic N) is 5. The largest absolute Gasteiger partial charge is 0.384 e. The van der Waals surface area contributed by atoms with Gasteiger partial charge in [0.1, 0.15) is 5.82 Å². The van der Waals surface area contributed by atoms with Crippen LogP contribution < -0.4 is 10.6 Å². The maximum absolute atomic E-state index is 13.4. The molecule has 1 unspecified atom stereocenters. The fraction of sp³-hybridized carbons (Fsp3) is 0.409. The Morgan fingerprint density at radius 2 is 2.13 bits per heavy atom. The minimum absolute atomic E-state index is 0.0339. The van der Waals surface area contributed by atoms with Crippen molar-refractivity contribution < 1.29 is 4.79 Å². The van der Waals surface area contributed by atoms with Crippen LogP contribution in [0, 0.1) is 16.7 Å². The number of allylic oxidation sites excluding steroid dienone is 3. The summed E-state index contributed by atoms with van der Waals surface area (Å²) in [6.45, 7) is 8.34. The summed E-state index contributed by atoms with van der Waals surface area (Å²) in [5.74, 6) is -0.185. The molecule has 9 heteroatoms. The Bertz CT molecular complexity index is 1130. The average molecular weight is 453 g/mol. The van der Waals surface area contributed by atoms with Gasteiger partial charge < -0.3 is 5.73 Å². The summed E-state index contributed by atoms with van der Waals surface area (Å²) < 4.78 is 0.828. The zero-order valence-electron chi connectivity index (χ0n) is 17.9. The van der Waals surface area contributed by atoms with E-state index in [1.54, 1.807) is 29.1 Å². The molecule has 31 heavy (non-hydrogen) atoms. The van der Waals surface area contributed by atoms with Crippen molar-refractivity contribution in [3.05, 3.63) is 52.8 Å². The number of carbonyl (C=O) groups is 1. The van der Waals surface area contributed by atoms with Crippen LogP contribution in [-0.2, 0) is 4.79 Å². The highest BCUT2D eigenvalue weighted by molar-refractivity contribution is 8.01. The third kappa shape index (κ3) is 3.98. The van der Waals surface area contributed by atoms with E-state index in [9.17, 15) is 10.1 Å². The van der Waals surface area contributed by atoms with Crippen LogP contribution >= 0.6 is 23.1 Å². The van der Waals surface area contributed by atoms with E-state index in [0.717, 1.165) is 15.6 Å². The Hall–Kier alpha value is -2.70. The molecule has 4 rings (SSSR count). The number of pyridine rings is 1. The topological polar surface area (TPSA) is 109 Å². The average Bonchev–Trinajstić information content (AvgIpc) is 3.14. The highest BCUT2D eigenvalue weighted by atomic mass is 32.2. The van der Waals surface area contributed by atoms with Gasteiger partial charge in [0, 0.05) is 35.3 Å². The van der Waals surface area contributed by atoms with E-state index in [0.29, 0.717) is 40.2 Å². The number of hydrogen-bond acceptors (Lipinski definition) is 9. The van der Waals surface area contributed by atoms with Crippen LogP contribution in [0.5, 0.6) is 0 Å². The summed E-state index contributed by atoms with van der Waals surface area (Å²) in [5, 5.41) is 19.7. The summed E-state index contributed by atoms with van der Waals surface area (Å²) in [5.41, 5.74) is 8.92. The molecule has 2 aromatic rings. The number of rotatable bonds is 4. The fourth-order valence-electron chi connectivity index (χ4n) is 4.15. The highest BCUT2D eigenvalue weighted by Gasteiger charge is 2.45. The third-order valence-corrected chi connectivity index (χ3v) is 7.32. The predicted octanol–water partition coefficient (Wildman–Crippen LogP) is 4.37. The molecule has 0 bridgehead atoms. The van der Waals surface area contributed by atoms with Gasteiger partial charge in [0.15, 0.2) is 10.1 Å². The summed E-state index contributed by atoms with van der Waals surface area (Å²) in [7, 11) is 0. The highest BCUT2D eigenvalue weighted by Crippen LogP contribution is 2.50. The molecule has 2 aliphatic rings. The van der Waals surface area contributed by atoms with Crippen LogP contribution in [0.2, 0.25) is 0 Å². The van der Waals surface area contributed by atoms with Gasteiger partial charge in [0.05, 0.1) is 17.6 Å². The number of hydrogen-bond donors (Lipinski definition) is 1. The third-order valence-electron chi connectivity index (χ3n) is 5.32. The Labute approximate surface area is 190 Å². The monoisotopic (exact) mass is 452 g/mol. The van der Waals surface area contributed by atoms with Crippen molar-refractivity contribution in [2.45, 2.75) is 56.0 Å². The Morgan fingerprint density at radius 1 is 1.35 bits per heavy atom. The molecule has 0 fully saturated rings. The van der Waals surface area contributed by atoms with Crippen molar-refractivity contribution in [1.29, 1.82) is 5.26 Å². The molecule has 1 aliphatic carbocycles. The number of nitriles is 1. The van der Waals surface area contributed by atoms with Crippen LogP contribution in [0.3, 0.4) is 0 Å². The van der Waals surface area contributed by atoms with Crippen molar-refractivity contribution in [3.63, 3.8) is 0 Å². The smallest absolute Gasteiger partial charge is 0.219 e. The van der Waals surface area contributed by atoms with Gasteiger partial charge >= 0.3 is 0 Å². The number of thioether (sulfide) groups is 1. The van der Waals surface area contributed by atoms with E-state index in [2.05, 4.69) is 48.9 Å². The Balaban J connectivity index is 1.92. The molecular weight excluding hydrogens is 428 g/mol. The molecule has 1 aliphatic heterocycles. The molecular formula is C22H24N6OS2. The molecule has 0 spiro atoms. The first-order valence-corrected chi connectivity index (χ1v) is 11.8. The van der Waals surface area contributed by atoms with E-state index in [4.69, 9.17) is 5.73 Å². The summed E-state index contributed by atoms with van der Waals surface area (Å²) in [4.78, 5) is 19.4. The Kier molecular flexibility index (Phi) is 5.62. The maximum atomic E-state index is 13.4. The standard InChI is InChI=1S/C22H24N6OS2/c1-12(2)30-21-27-26-20(31-21)28-15-8-22(3,4)9-16(29)18(15)17(14(10-23)19(28)24)13-6-5-7-25-11-13/h5-7,11-12,17H,8-9,24H2,1-4H3. The molecule has 0 aromatic carbocycles. The minimum Gasteiger partial charge on any atom is -0.384 e. The van der Waals surface area contributed by atoms with Gasteiger partial charge in [-0.15, -0.1) is 10.2 Å². The number of Topliss-reactive ketones (excluding diaryl/α,β-unsaturated/α-hetero) is 1. The van der Waals surface area contributed by atoms with Crippen LogP contribution in [-0.4, -0.2) is 26.2 Å². The first-order valence-electron chi connectivity index (χ1n) is 10.1. The first-order chi connectivity index (χ1) is 14.7. The van der Waals surface area contributed by atoms with Gasteiger partial charge in [-0.2, -0.15) is 5.26 Å². The lowest BCUT2D eigenvalue weighted by Gasteiger charge is -2.42. The van der Waals surface area contributed by atoms with Gasteiger partial charge in [-0.1, -0.05) is 56.9 Å². The van der Waals surface area contributed by atoms with E-state index in [1.807, 2.05) is 12.1 Å². The van der Waals surface area contributed by atoms with Crippen LogP contribution in [0.15, 0.2) is 51.5 Å². The van der Waals surface area contributed by atoms with Crippen LogP contribution in [0.25, 0.3) is 0 Å². The molecule has 0 saturated carbocycles. The van der Waals surface area contributed by atoms with Gasteiger partial charge in [-0.05, 0) is 23.5 Å². The lowest BCUT2D eigenvalue weighted by atomic mass is 9.69. The van der Waals surface area contributed by atoms with Crippen molar-refractivity contribution in [2.75, 3.05) is 4.90 Å². The van der Waals surface area contributed by atoms with E-state index < -0.39 is 5.92 Å². The normalized spacial score (nSPS) is 20.8. The maximum Gasteiger partial charge on any atom is 0.219 e. The zero-order valence-corrected chi connectivity index (χ0v) is 19.5. The summed E-state index contributed by atoms with van der Waals surface area (Å²) >= 11 is 3.05. The molecule has 0 saturated heterocycles. The second kappa shape index (κ2) is 8.09. The quantitative estimate of drug-likeness (QED) is 0.681. The van der Waals surface area contributed by atoms with Gasteiger partial charge in [0.2, 0.25) is 5.13 Å². The lowest BCUT2D eigenvalue weighted by molar-refractivity contribution is -0.118. The van der Waals surface area contributed by atoms with Crippen molar-refractivity contribution >= 4 is 34.0 Å². The molecule has 0 radical (unpaired) electrons. The lowest BCUT2D eigenvalue weighted by Crippen LogP contribution is -2.42. The number of anilines is 1. The van der Waals surface area contributed by atoms with E-state index in [1.165, 1.54) is 11.3 Å².